The van der Waals surface area contributed by atoms with E-state index in [0.717, 1.165) is 10.9 Å². The average Bonchev–Trinajstić information content (AvgIpc) is 3.26. The summed E-state index contributed by atoms with van der Waals surface area (Å²) >= 11 is 1.43. The van der Waals surface area contributed by atoms with Crippen LogP contribution in [0.5, 0.6) is 0 Å². The SMILES string of the molecule is CSCCC(NC(=O)C(N)CC(N)=O)C(=O)NC(Cc1c[nH]c2ccccc12)C(=O)NC(CO)C(=O)O. The Morgan fingerprint density at radius 3 is 2.24 bits per heavy atom. The zero-order chi connectivity index (χ0) is 27.5. The average molecular weight is 537 g/mol. The van der Waals surface area contributed by atoms with Gasteiger partial charge in [-0.05, 0) is 30.1 Å². The summed E-state index contributed by atoms with van der Waals surface area (Å²) in [6, 6.07) is 2.13. The van der Waals surface area contributed by atoms with E-state index < -0.39 is 66.8 Å². The van der Waals surface area contributed by atoms with Gasteiger partial charge in [0.1, 0.15) is 18.1 Å². The zero-order valence-electron chi connectivity index (χ0n) is 20.2. The Morgan fingerprint density at radius 1 is 1.00 bits per heavy atom. The van der Waals surface area contributed by atoms with Gasteiger partial charge in [0.15, 0.2) is 0 Å². The molecule has 0 saturated heterocycles. The molecule has 1 aromatic heterocycles. The monoisotopic (exact) mass is 536 g/mol. The molecule has 0 bridgehead atoms. The molecule has 4 amide bonds. The summed E-state index contributed by atoms with van der Waals surface area (Å²) < 4.78 is 0. The summed E-state index contributed by atoms with van der Waals surface area (Å²) in [6.45, 7) is -0.848. The molecule has 0 aliphatic rings. The molecule has 2 aromatic rings. The lowest BCUT2D eigenvalue weighted by atomic mass is 10.0. The number of amides is 4. The lowest BCUT2D eigenvalue weighted by Crippen LogP contribution is -2.58. The second-order valence-corrected chi connectivity index (χ2v) is 9.31. The van der Waals surface area contributed by atoms with E-state index in [9.17, 15) is 34.2 Å². The number of nitrogens with two attached hydrogens (primary N) is 2. The number of nitrogens with one attached hydrogen (secondary N) is 4. The molecule has 0 radical (unpaired) electrons. The Morgan fingerprint density at radius 2 is 1.62 bits per heavy atom. The van der Waals surface area contributed by atoms with Gasteiger partial charge in [-0.1, -0.05) is 18.2 Å². The van der Waals surface area contributed by atoms with Gasteiger partial charge in [0, 0.05) is 23.5 Å². The van der Waals surface area contributed by atoms with Gasteiger partial charge in [-0.2, -0.15) is 11.8 Å². The van der Waals surface area contributed by atoms with Crippen LogP contribution >= 0.6 is 11.8 Å². The topological polar surface area (TPSA) is 230 Å². The van der Waals surface area contributed by atoms with Crippen molar-refractivity contribution in [1.82, 2.24) is 20.9 Å². The number of benzene rings is 1. The van der Waals surface area contributed by atoms with Crippen LogP contribution in [-0.4, -0.2) is 87.6 Å². The first kappa shape index (κ1) is 29.6. The predicted molar refractivity (Wildman–Crippen MR) is 137 cm³/mol. The first-order valence-electron chi connectivity index (χ1n) is 11.4. The van der Waals surface area contributed by atoms with Gasteiger partial charge in [0.05, 0.1) is 19.1 Å². The Hall–Kier alpha value is -3.62. The highest BCUT2D eigenvalue weighted by Gasteiger charge is 2.31. The maximum Gasteiger partial charge on any atom is 0.328 e. The van der Waals surface area contributed by atoms with E-state index in [1.165, 1.54) is 11.8 Å². The van der Waals surface area contributed by atoms with E-state index in [-0.39, 0.29) is 12.8 Å². The largest absolute Gasteiger partial charge is 0.480 e. The normalized spacial score (nSPS) is 14.2. The Balaban J connectivity index is 2.28. The van der Waals surface area contributed by atoms with Gasteiger partial charge in [-0.15, -0.1) is 0 Å². The number of hydrogen-bond donors (Lipinski definition) is 8. The molecule has 2 rings (SSSR count). The molecule has 10 N–H and O–H groups in total. The number of aliphatic carboxylic acids is 1. The van der Waals surface area contributed by atoms with E-state index >= 15 is 0 Å². The van der Waals surface area contributed by atoms with Crippen LogP contribution < -0.4 is 27.4 Å². The highest BCUT2D eigenvalue weighted by Crippen LogP contribution is 2.19. The summed E-state index contributed by atoms with van der Waals surface area (Å²) in [7, 11) is 0. The van der Waals surface area contributed by atoms with Crippen molar-refractivity contribution in [3.63, 3.8) is 0 Å². The number of aliphatic hydroxyl groups is 1. The summed E-state index contributed by atoms with van der Waals surface area (Å²) in [6.07, 6.45) is 3.26. The minimum atomic E-state index is -1.58. The van der Waals surface area contributed by atoms with Crippen LogP contribution in [0.3, 0.4) is 0 Å². The molecule has 0 fully saturated rings. The van der Waals surface area contributed by atoms with Gasteiger partial charge >= 0.3 is 5.97 Å². The summed E-state index contributed by atoms with van der Waals surface area (Å²) in [5.41, 5.74) is 12.3. The number of aromatic amines is 1. The smallest absolute Gasteiger partial charge is 0.328 e. The third-order valence-electron chi connectivity index (χ3n) is 5.53. The first-order chi connectivity index (χ1) is 17.6. The number of rotatable bonds is 15. The van der Waals surface area contributed by atoms with Crippen molar-refractivity contribution in [3.05, 3.63) is 36.0 Å². The second kappa shape index (κ2) is 14.2. The number of carbonyl (C=O) groups excluding carboxylic acids is 4. The molecule has 4 atom stereocenters. The lowest BCUT2D eigenvalue weighted by Gasteiger charge is -2.25. The molecular weight excluding hydrogens is 504 g/mol. The Labute approximate surface area is 217 Å². The van der Waals surface area contributed by atoms with Crippen LogP contribution in [0.4, 0.5) is 0 Å². The van der Waals surface area contributed by atoms with Crippen molar-refractivity contribution in [2.75, 3.05) is 18.6 Å². The van der Waals surface area contributed by atoms with Crippen molar-refractivity contribution < 1.29 is 34.2 Å². The molecule has 14 heteroatoms. The fourth-order valence-corrected chi connectivity index (χ4v) is 4.02. The van der Waals surface area contributed by atoms with Crippen molar-refractivity contribution in [2.45, 2.75) is 43.4 Å². The molecule has 13 nitrogen and oxygen atoms in total. The van der Waals surface area contributed by atoms with Gasteiger partial charge < -0.3 is 42.6 Å². The van der Waals surface area contributed by atoms with Crippen molar-refractivity contribution >= 4 is 52.3 Å². The summed E-state index contributed by atoms with van der Waals surface area (Å²) in [4.78, 5) is 64.2. The van der Waals surface area contributed by atoms with E-state index in [2.05, 4.69) is 20.9 Å². The molecule has 1 heterocycles. The van der Waals surface area contributed by atoms with E-state index in [1.54, 1.807) is 6.20 Å². The molecule has 0 saturated carbocycles. The van der Waals surface area contributed by atoms with Crippen LogP contribution in [0.15, 0.2) is 30.5 Å². The minimum absolute atomic E-state index is 0.0102. The number of carbonyl (C=O) groups is 5. The molecule has 0 spiro atoms. The number of carboxylic acid groups (broad SMARTS) is 1. The maximum atomic E-state index is 13.2. The fourth-order valence-electron chi connectivity index (χ4n) is 3.55. The van der Waals surface area contributed by atoms with Crippen LogP contribution in [0.2, 0.25) is 0 Å². The summed E-state index contributed by atoms with van der Waals surface area (Å²) in [5, 5.41) is 26.6. The number of carboxylic acids is 1. The van der Waals surface area contributed by atoms with Crippen LogP contribution in [0, 0.1) is 0 Å². The number of fused-ring (bicyclic) bond motifs is 1. The number of aromatic nitrogens is 1. The van der Waals surface area contributed by atoms with Crippen molar-refractivity contribution in [1.29, 1.82) is 0 Å². The highest BCUT2D eigenvalue weighted by atomic mass is 32.2. The number of H-pyrrole nitrogens is 1. The molecular formula is C23H32N6O7S. The molecule has 4 unspecified atom stereocenters. The van der Waals surface area contributed by atoms with Gasteiger partial charge in [-0.25, -0.2) is 4.79 Å². The van der Waals surface area contributed by atoms with Crippen LogP contribution in [0.1, 0.15) is 18.4 Å². The van der Waals surface area contributed by atoms with Gasteiger partial charge in [0.25, 0.3) is 0 Å². The number of thioether (sulfide) groups is 1. The molecule has 37 heavy (non-hydrogen) atoms. The number of para-hydroxylation sites is 1. The van der Waals surface area contributed by atoms with E-state index in [1.807, 2.05) is 30.5 Å². The Kier molecular flexibility index (Phi) is 11.4. The van der Waals surface area contributed by atoms with Gasteiger partial charge in [-0.3, -0.25) is 19.2 Å². The van der Waals surface area contributed by atoms with Gasteiger partial charge in [0.2, 0.25) is 23.6 Å². The minimum Gasteiger partial charge on any atom is -0.480 e. The standard InChI is InChI=1S/C23H32N6O7S/c1-37-7-6-16(27-20(32)14(24)9-19(25)31)21(33)28-17(22(34)29-18(11-30)23(35)36)8-12-10-26-15-5-3-2-4-13(12)15/h2-5,10,14,16-18,26,30H,6-9,11,24H2,1H3,(H2,25,31)(H,27,32)(H,28,33)(H,29,34)(H,35,36). The Bertz CT molecular complexity index is 1120. The van der Waals surface area contributed by atoms with E-state index in [4.69, 9.17) is 11.5 Å². The second-order valence-electron chi connectivity index (χ2n) is 8.33. The third-order valence-corrected chi connectivity index (χ3v) is 6.17. The lowest BCUT2D eigenvalue weighted by molar-refractivity contribution is -0.143. The quantitative estimate of drug-likeness (QED) is 0.128. The number of primary amides is 1. The first-order valence-corrected chi connectivity index (χ1v) is 12.8. The molecule has 1 aromatic carbocycles. The van der Waals surface area contributed by atoms with Crippen molar-refractivity contribution in [3.8, 4) is 0 Å². The molecule has 202 valence electrons. The summed E-state index contributed by atoms with van der Waals surface area (Å²) in [5.74, 6) is -4.04. The maximum absolute atomic E-state index is 13.2. The number of aliphatic hydroxyl groups excluding tert-OH is 1. The highest BCUT2D eigenvalue weighted by molar-refractivity contribution is 7.98. The predicted octanol–water partition coefficient (Wildman–Crippen LogP) is -1.80. The molecule has 0 aliphatic heterocycles. The van der Waals surface area contributed by atoms with Crippen LogP contribution in [0.25, 0.3) is 10.9 Å². The van der Waals surface area contributed by atoms with E-state index in [0.29, 0.717) is 11.3 Å². The van der Waals surface area contributed by atoms with Crippen molar-refractivity contribution in [2.24, 2.45) is 11.5 Å². The zero-order valence-corrected chi connectivity index (χ0v) is 21.0. The number of hydrogen-bond acceptors (Lipinski definition) is 8. The fraction of sp³-hybridized carbons (Fsp3) is 0.435. The third kappa shape index (κ3) is 8.77. The van der Waals surface area contributed by atoms with Crippen LogP contribution in [-0.2, 0) is 30.4 Å². The molecule has 0 aliphatic carbocycles.